The van der Waals surface area contributed by atoms with Crippen LogP contribution in [0.15, 0.2) is 52.1 Å². The van der Waals surface area contributed by atoms with E-state index in [9.17, 15) is 19.2 Å². The summed E-state index contributed by atoms with van der Waals surface area (Å²) in [5.41, 5.74) is -0.0789. The first-order valence-electron chi connectivity index (χ1n) is 11.0. The normalized spacial score (nSPS) is 10.6. The van der Waals surface area contributed by atoms with Crippen LogP contribution in [-0.4, -0.2) is 48.0 Å². The van der Waals surface area contributed by atoms with Crippen molar-refractivity contribution in [3.63, 3.8) is 0 Å². The van der Waals surface area contributed by atoms with Gasteiger partial charge in [-0.05, 0) is 50.1 Å². The molecule has 0 saturated heterocycles. The fourth-order valence-electron chi connectivity index (χ4n) is 3.33. The van der Waals surface area contributed by atoms with Crippen molar-refractivity contribution in [2.75, 3.05) is 26.4 Å². The van der Waals surface area contributed by atoms with E-state index < -0.39 is 36.1 Å². The van der Waals surface area contributed by atoms with Gasteiger partial charge in [0, 0.05) is 6.54 Å². The van der Waals surface area contributed by atoms with Gasteiger partial charge in [-0.2, -0.15) is 0 Å². The number of nitrogens with zero attached hydrogens (tertiary/aromatic N) is 1. The molecule has 0 aliphatic carbocycles. The highest BCUT2D eigenvalue weighted by Gasteiger charge is 2.13. The van der Waals surface area contributed by atoms with E-state index in [1.165, 1.54) is 12.1 Å². The number of amides is 1. The Morgan fingerprint density at radius 1 is 0.971 bits per heavy atom. The molecule has 180 valence electrons. The number of ether oxygens (including phenoxy) is 3. The van der Waals surface area contributed by atoms with E-state index in [4.69, 9.17) is 14.2 Å². The Balaban J connectivity index is 1.48. The monoisotopic (exact) mass is 469 g/mol. The highest BCUT2D eigenvalue weighted by atomic mass is 16.5. The Morgan fingerprint density at radius 3 is 2.41 bits per heavy atom. The molecular weight excluding hydrogens is 442 g/mol. The molecule has 2 N–H and O–H groups in total. The lowest BCUT2D eigenvalue weighted by Crippen LogP contribution is -2.35. The summed E-state index contributed by atoms with van der Waals surface area (Å²) in [6.07, 6.45) is 0.542. The number of hydrogen-bond acceptors (Lipinski definition) is 7. The molecule has 10 heteroatoms. The van der Waals surface area contributed by atoms with Gasteiger partial charge in [-0.1, -0.05) is 18.2 Å². The quantitative estimate of drug-likeness (QED) is 0.406. The van der Waals surface area contributed by atoms with Crippen molar-refractivity contribution in [1.29, 1.82) is 0 Å². The molecule has 2 aromatic carbocycles. The minimum atomic E-state index is -0.823. The van der Waals surface area contributed by atoms with Gasteiger partial charge in [-0.3, -0.25) is 24.3 Å². The van der Waals surface area contributed by atoms with Gasteiger partial charge in [0.05, 0.1) is 24.0 Å². The standard InChI is InChI=1S/C24H27N3O7/c1-3-32-19-10-9-16(13-20(19)33-4-2)11-12-25-21(28)15-34-22(29)14-27-24(31)18-8-6-5-7-17(18)23(30)26-27/h5-10,13H,3-4,11-12,14-15H2,1-2H3,(H,25,28)(H,26,30). The molecule has 10 nitrogen and oxygen atoms in total. The summed E-state index contributed by atoms with van der Waals surface area (Å²) in [6, 6.07) is 11.9. The second-order valence-electron chi connectivity index (χ2n) is 7.29. The van der Waals surface area contributed by atoms with Crippen molar-refractivity contribution < 1.29 is 23.8 Å². The van der Waals surface area contributed by atoms with E-state index in [0.29, 0.717) is 37.7 Å². The van der Waals surface area contributed by atoms with Crippen LogP contribution in [0.5, 0.6) is 11.5 Å². The first-order valence-corrected chi connectivity index (χ1v) is 11.0. The van der Waals surface area contributed by atoms with E-state index >= 15 is 0 Å². The number of nitrogens with one attached hydrogen (secondary N) is 2. The molecule has 1 aromatic heterocycles. The third-order valence-corrected chi connectivity index (χ3v) is 4.88. The molecule has 3 aromatic rings. The minimum absolute atomic E-state index is 0.193. The maximum atomic E-state index is 12.4. The summed E-state index contributed by atoms with van der Waals surface area (Å²) in [5, 5.41) is 5.44. The lowest BCUT2D eigenvalue weighted by Gasteiger charge is -2.12. The zero-order valence-corrected chi connectivity index (χ0v) is 19.1. The molecule has 0 unspecified atom stereocenters. The predicted octanol–water partition coefficient (Wildman–Crippen LogP) is 1.39. The molecule has 0 radical (unpaired) electrons. The summed E-state index contributed by atoms with van der Waals surface area (Å²) < 4.78 is 16.9. The highest BCUT2D eigenvalue weighted by Crippen LogP contribution is 2.28. The fourth-order valence-corrected chi connectivity index (χ4v) is 3.33. The summed E-state index contributed by atoms with van der Waals surface area (Å²) in [7, 11) is 0. The number of esters is 1. The van der Waals surface area contributed by atoms with Gasteiger partial charge in [0.2, 0.25) is 0 Å². The van der Waals surface area contributed by atoms with Crippen LogP contribution >= 0.6 is 0 Å². The molecule has 0 aliphatic rings. The zero-order chi connectivity index (χ0) is 24.5. The number of fused-ring (bicyclic) bond motifs is 1. The first kappa shape index (κ1) is 24.6. The Kier molecular flexibility index (Phi) is 8.44. The second kappa shape index (κ2) is 11.7. The van der Waals surface area contributed by atoms with Crippen molar-refractivity contribution in [2.45, 2.75) is 26.8 Å². The summed E-state index contributed by atoms with van der Waals surface area (Å²) >= 11 is 0. The summed E-state index contributed by atoms with van der Waals surface area (Å²) in [6.45, 7) is 4.12. The average Bonchev–Trinajstić information content (AvgIpc) is 2.83. The van der Waals surface area contributed by atoms with Gasteiger partial charge in [-0.15, -0.1) is 0 Å². The van der Waals surface area contributed by atoms with E-state index in [1.807, 2.05) is 32.0 Å². The molecule has 1 amide bonds. The summed E-state index contributed by atoms with van der Waals surface area (Å²) in [5.74, 6) is -0.000265. The number of carbonyl (C=O) groups is 2. The number of hydrogen-bond donors (Lipinski definition) is 2. The van der Waals surface area contributed by atoms with E-state index in [1.54, 1.807) is 12.1 Å². The van der Waals surface area contributed by atoms with Gasteiger partial charge in [-0.25, -0.2) is 4.68 Å². The maximum absolute atomic E-state index is 12.4. The SMILES string of the molecule is CCOc1ccc(CCNC(=O)COC(=O)Cn2[nH]c(=O)c3ccccc3c2=O)cc1OCC. The number of H-pyrrole nitrogens is 1. The van der Waals surface area contributed by atoms with Gasteiger partial charge in [0.25, 0.3) is 17.0 Å². The first-order chi connectivity index (χ1) is 16.4. The molecule has 1 heterocycles. The highest BCUT2D eigenvalue weighted by molar-refractivity contribution is 5.81. The maximum Gasteiger partial charge on any atom is 0.328 e. The average molecular weight is 469 g/mol. The number of benzene rings is 2. The van der Waals surface area contributed by atoms with Crippen LogP contribution in [0.4, 0.5) is 0 Å². The van der Waals surface area contributed by atoms with Crippen LogP contribution < -0.4 is 25.9 Å². The van der Waals surface area contributed by atoms with Crippen molar-refractivity contribution in [3.8, 4) is 11.5 Å². The van der Waals surface area contributed by atoms with Crippen molar-refractivity contribution in [1.82, 2.24) is 15.1 Å². The minimum Gasteiger partial charge on any atom is -0.490 e. The number of carbonyl (C=O) groups excluding carboxylic acids is 2. The van der Waals surface area contributed by atoms with E-state index in [0.717, 1.165) is 10.2 Å². The summed E-state index contributed by atoms with van der Waals surface area (Å²) in [4.78, 5) is 48.7. The molecule has 34 heavy (non-hydrogen) atoms. The number of rotatable bonds is 11. The van der Waals surface area contributed by atoms with Crippen LogP contribution in [0, 0.1) is 0 Å². The topological polar surface area (TPSA) is 129 Å². The molecule has 0 saturated carbocycles. The second-order valence-corrected chi connectivity index (χ2v) is 7.29. The molecule has 0 atom stereocenters. The molecule has 0 bridgehead atoms. The Hall–Kier alpha value is -4.08. The fraction of sp³-hybridized carbons (Fsp3) is 0.333. The van der Waals surface area contributed by atoms with Crippen molar-refractivity contribution >= 4 is 22.6 Å². The van der Waals surface area contributed by atoms with Crippen LogP contribution in [0.3, 0.4) is 0 Å². The van der Waals surface area contributed by atoms with Crippen LogP contribution in [-0.2, 0) is 27.3 Å². The lowest BCUT2D eigenvalue weighted by molar-refractivity contribution is -0.149. The number of aromatic nitrogens is 2. The molecule has 0 aliphatic heterocycles. The molecule has 3 rings (SSSR count). The van der Waals surface area contributed by atoms with E-state index in [2.05, 4.69) is 10.4 Å². The Bertz CT molecular complexity index is 1280. The third-order valence-electron chi connectivity index (χ3n) is 4.88. The largest absolute Gasteiger partial charge is 0.490 e. The Labute approximate surface area is 195 Å². The van der Waals surface area contributed by atoms with Gasteiger partial charge >= 0.3 is 5.97 Å². The van der Waals surface area contributed by atoms with Gasteiger partial charge < -0.3 is 19.5 Å². The van der Waals surface area contributed by atoms with Crippen molar-refractivity contribution in [2.24, 2.45) is 0 Å². The van der Waals surface area contributed by atoms with Gasteiger partial charge in [0.1, 0.15) is 6.54 Å². The zero-order valence-electron chi connectivity index (χ0n) is 19.1. The van der Waals surface area contributed by atoms with Crippen LogP contribution in [0.2, 0.25) is 0 Å². The van der Waals surface area contributed by atoms with E-state index in [-0.39, 0.29) is 10.8 Å². The Morgan fingerprint density at radius 2 is 1.68 bits per heavy atom. The van der Waals surface area contributed by atoms with Crippen LogP contribution in [0.25, 0.3) is 10.8 Å². The number of aromatic amines is 1. The molecule has 0 fully saturated rings. The predicted molar refractivity (Wildman–Crippen MR) is 125 cm³/mol. The third kappa shape index (κ3) is 6.25. The molecule has 0 spiro atoms. The van der Waals surface area contributed by atoms with Crippen molar-refractivity contribution in [3.05, 3.63) is 68.7 Å². The molecular formula is C24H27N3O7. The smallest absolute Gasteiger partial charge is 0.328 e. The lowest BCUT2D eigenvalue weighted by atomic mass is 10.1. The van der Waals surface area contributed by atoms with Crippen LogP contribution in [0.1, 0.15) is 19.4 Å². The van der Waals surface area contributed by atoms with Gasteiger partial charge in [0.15, 0.2) is 18.1 Å².